The van der Waals surface area contributed by atoms with Crippen LogP contribution in [0.15, 0.2) is 36.4 Å². The maximum Gasteiger partial charge on any atom is 0.300 e. The van der Waals surface area contributed by atoms with E-state index in [1.807, 2.05) is 43.3 Å². The van der Waals surface area contributed by atoms with Gasteiger partial charge in [0.05, 0.1) is 19.0 Å². The summed E-state index contributed by atoms with van der Waals surface area (Å²) in [4.78, 5) is 45.0. The summed E-state index contributed by atoms with van der Waals surface area (Å²) in [6, 6.07) is 11.2. The van der Waals surface area contributed by atoms with Gasteiger partial charge in [-0.25, -0.2) is 6.57 Å². The normalized spacial score (nSPS) is 17.7. The molecule has 2 heterocycles. The molecule has 5 rings (SSSR count). The van der Waals surface area contributed by atoms with Crippen molar-refractivity contribution < 1.29 is 14.4 Å². The van der Waals surface area contributed by atoms with Gasteiger partial charge in [-0.3, -0.25) is 24.1 Å². The Bertz CT molecular complexity index is 1520. The monoisotopic (exact) mass is 583 g/mol. The Morgan fingerprint density at radius 2 is 1.65 bits per heavy atom. The highest BCUT2D eigenvalue weighted by Gasteiger charge is 2.46. The number of hydrogen-bond donors (Lipinski definition) is 3. The molecule has 0 radical (unpaired) electrons. The predicted octanol–water partition coefficient (Wildman–Crippen LogP) is 1.60. The summed E-state index contributed by atoms with van der Waals surface area (Å²) in [7, 11) is 4.93. The first-order valence-corrected chi connectivity index (χ1v) is 14.6. The van der Waals surface area contributed by atoms with Gasteiger partial charge in [-0.15, -0.1) is 10.2 Å². The summed E-state index contributed by atoms with van der Waals surface area (Å²) >= 11 is 0. The van der Waals surface area contributed by atoms with Gasteiger partial charge in [0.15, 0.2) is 5.82 Å². The Labute approximate surface area is 251 Å². The van der Waals surface area contributed by atoms with Crippen molar-refractivity contribution in [2.75, 3.05) is 27.2 Å². The predicted molar refractivity (Wildman–Crippen MR) is 159 cm³/mol. The van der Waals surface area contributed by atoms with Crippen LogP contribution < -0.4 is 16.0 Å². The number of fused-ring (bicyclic) bond motifs is 2. The van der Waals surface area contributed by atoms with Crippen molar-refractivity contribution in [3.63, 3.8) is 0 Å². The van der Waals surface area contributed by atoms with E-state index in [1.54, 1.807) is 26.0 Å². The average molecular weight is 584 g/mol. The summed E-state index contributed by atoms with van der Waals surface area (Å²) in [5.74, 6) is 0.0437. The smallest absolute Gasteiger partial charge is 0.300 e. The first-order valence-electron chi connectivity index (χ1n) is 14.6. The molecule has 0 unspecified atom stereocenters. The summed E-state index contributed by atoms with van der Waals surface area (Å²) in [5, 5.41) is 22.3. The SMILES string of the molecule is [C-]#[N+][C@@H]1CCCN1C(=O)CN[C@H](C)CC1(c2nnn(C)n2)c2ccc(C(=O)NC)cc2CCc2cc(C(=O)NC)ccc21. The molecule has 12 nitrogen and oxygen atoms in total. The standard InChI is InChI=1S/C31H37N9O3/c1-19(35-18-27(41)40-14-6-7-26(40)32-2)17-31(30-36-38-39(5)37-30)24-12-10-22(28(42)33-3)15-20(24)8-9-21-16-23(29(43)34-4)11-13-25(21)31/h10-13,15-16,19,26,35H,6-9,14,17-18H2,1,3-5H3,(H,33,42)(H,34,43)/t19-,26+/m1/s1. The number of carbonyl (C=O) groups excluding carboxylic acids is 3. The van der Waals surface area contributed by atoms with Crippen molar-refractivity contribution in [3.05, 3.63) is 87.0 Å². The lowest BCUT2D eigenvalue weighted by Gasteiger charge is -2.36. The molecule has 3 N–H and O–H groups in total. The van der Waals surface area contributed by atoms with Crippen molar-refractivity contribution in [1.29, 1.82) is 0 Å². The highest BCUT2D eigenvalue weighted by Crippen LogP contribution is 2.47. The van der Waals surface area contributed by atoms with Crippen LogP contribution in [0.5, 0.6) is 0 Å². The third kappa shape index (κ3) is 5.60. The average Bonchev–Trinajstić information content (AvgIpc) is 3.67. The van der Waals surface area contributed by atoms with Crippen LogP contribution >= 0.6 is 0 Å². The van der Waals surface area contributed by atoms with Crippen LogP contribution in [-0.4, -0.2) is 82.2 Å². The van der Waals surface area contributed by atoms with Crippen molar-refractivity contribution >= 4 is 17.7 Å². The molecule has 1 aliphatic heterocycles. The third-order valence-electron chi connectivity index (χ3n) is 8.57. The van der Waals surface area contributed by atoms with E-state index in [0.29, 0.717) is 49.2 Å². The number of aromatic nitrogens is 4. The van der Waals surface area contributed by atoms with Gasteiger partial charge in [0.1, 0.15) is 0 Å². The molecule has 43 heavy (non-hydrogen) atoms. The Hall–Kier alpha value is -4.63. The number of likely N-dealkylation sites (tertiary alicyclic amines) is 1. The van der Waals surface area contributed by atoms with Crippen LogP contribution in [0.2, 0.25) is 0 Å². The van der Waals surface area contributed by atoms with E-state index < -0.39 is 11.6 Å². The first kappa shape index (κ1) is 29.8. The molecular weight excluding hydrogens is 546 g/mol. The van der Waals surface area contributed by atoms with Crippen molar-refractivity contribution in [2.24, 2.45) is 7.05 Å². The molecule has 1 fully saturated rings. The molecule has 224 valence electrons. The summed E-state index contributed by atoms with van der Waals surface area (Å²) in [6.45, 7) is 10.2. The number of benzene rings is 2. The van der Waals surface area contributed by atoms with Crippen LogP contribution in [0.25, 0.3) is 4.85 Å². The van der Waals surface area contributed by atoms with Crippen LogP contribution in [0, 0.1) is 6.57 Å². The van der Waals surface area contributed by atoms with E-state index in [2.05, 4.69) is 31.1 Å². The maximum absolute atomic E-state index is 13.1. The van der Waals surface area contributed by atoms with E-state index >= 15 is 0 Å². The Morgan fingerprint density at radius 3 is 2.16 bits per heavy atom. The fourth-order valence-electron chi connectivity index (χ4n) is 6.50. The number of aryl methyl sites for hydroxylation is 3. The minimum absolute atomic E-state index is 0.0934. The zero-order valence-corrected chi connectivity index (χ0v) is 25.0. The number of tetrazole rings is 1. The Balaban J connectivity index is 1.62. The van der Waals surface area contributed by atoms with Gasteiger partial charge in [-0.2, -0.15) is 4.80 Å². The molecule has 0 spiro atoms. The number of rotatable bonds is 8. The number of amides is 3. The Morgan fingerprint density at radius 1 is 1.05 bits per heavy atom. The number of nitrogens with one attached hydrogen (secondary N) is 3. The summed E-state index contributed by atoms with van der Waals surface area (Å²) < 4.78 is 0. The molecule has 0 saturated carbocycles. The topological polar surface area (TPSA) is 138 Å². The lowest BCUT2D eigenvalue weighted by Crippen LogP contribution is -2.45. The minimum atomic E-state index is -0.903. The van der Waals surface area contributed by atoms with Gasteiger partial charge in [0.2, 0.25) is 5.91 Å². The zero-order chi connectivity index (χ0) is 30.7. The van der Waals surface area contributed by atoms with Gasteiger partial charge in [-0.1, -0.05) is 12.1 Å². The third-order valence-corrected chi connectivity index (χ3v) is 8.57. The van der Waals surface area contributed by atoms with E-state index in [9.17, 15) is 14.4 Å². The second kappa shape index (κ2) is 12.3. The molecule has 1 aliphatic carbocycles. The van der Waals surface area contributed by atoms with Crippen molar-refractivity contribution in [3.8, 4) is 0 Å². The molecule has 2 aromatic carbocycles. The molecule has 3 aromatic rings. The van der Waals surface area contributed by atoms with Gasteiger partial charge < -0.3 is 16.0 Å². The molecule has 0 bridgehead atoms. The highest BCUT2D eigenvalue weighted by molar-refractivity contribution is 5.95. The maximum atomic E-state index is 13.1. The first-order chi connectivity index (χ1) is 20.7. The molecule has 2 atom stereocenters. The second-order valence-electron chi connectivity index (χ2n) is 11.2. The largest absolute Gasteiger partial charge is 0.355 e. The van der Waals surface area contributed by atoms with Gasteiger partial charge in [-0.05, 0) is 84.3 Å². The molecule has 2 aliphatic rings. The zero-order valence-electron chi connectivity index (χ0n) is 25.0. The fraction of sp³-hybridized carbons (Fsp3) is 0.452. The number of hydrogen-bond acceptors (Lipinski definition) is 7. The van der Waals surface area contributed by atoms with E-state index in [4.69, 9.17) is 11.7 Å². The molecule has 12 heteroatoms. The van der Waals surface area contributed by atoms with Gasteiger partial charge >= 0.3 is 6.17 Å². The summed E-state index contributed by atoms with van der Waals surface area (Å²) in [6.07, 6.45) is 2.88. The quantitative estimate of drug-likeness (QED) is 0.343. The molecular formula is C31H37N9O3. The van der Waals surface area contributed by atoms with Crippen molar-refractivity contribution in [1.82, 2.24) is 41.1 Å². The van der Waals surface area contributed by atoms with Gasteiger partial charge in [0, 0.05) is 44.2 Å². The highest BCUT2D eigenvalue weighted by atomic mass is 16.2. The lowest BCUT2D eigenvalue weighted by molar-refractivity contribution is -0.130. The van der Waals surface area contributed by atoms with E-state index in [1.165, 1.54) is 4.80 Å². The molecule has 1 saturated heterocycles. The van der Waals surface area contributed by atoms with E-state index in [-0.39, 0.29) is 30.3 Å². The number of nitrogens with zero attached hydrogens (tertiary/aromatic N) is 6. The van der Waals surface area contributed by atoms with Crippen LogP contribution in [0.3, 0.4) is 0 Å². The summed E-state index contributed by atoms with van der Waals surface area (Å²) in [5.41, 5.74) is 4.06. The molecule has 1 aromatic heterocycles. The van der Waals surface area contributed by atoms with Crippen LogP contribution in [-0.2, 0) is 30.1 Å². The second-order valence-corrected chi connectivity index (χ2v) is 11.2. The van der Waals surface area contributed by atoms with Crippen LogP contribution in [0.4, 0.5) is 0 Å². The fourth-order valence-corrected chi connectivity index (χ4v) is 6.50. The van der Waals surface area contributed by atoms with E-state index in [0.717, 1.165) is 28.7 Å². The molecule has 3 amide bonds. The number of carbonyl (C=O) groups is 3. The minimum Gasteiger partial charge on any atom is -0.355 e. The van der Waals surface area contributed by atoms with Gasteiger partial charge in [0.25, 0.3) is 11.8 Å². The van der Waals surface area contributed by atoms with Crippen molar-refractivity contribution in [2.45, 2.75) is 56.7 Å². The van der Waals surface area contributed by atoms with Crippen LogP contribution in [0.1, 0.15) is 75.0 Å². The lowest BCUT2D eigenvalue weighted by atomic mass is 9.67. The Kier molecular flexibility index (Phi) is 8.54.